The Hall–Kier alpha value is -1.94. The molecule has 1 aromatic carbocycles. The molecule has 23 heavy (non-hydrogen) atoms. The number of nitrogens with one attached hydrogen (secondary N) is 1. The molecule has 0 spiro atoms. The Kier molecular flexibility index (Phi) is 4.62. The molecular weight excluding hydrogens is 286 g/mol. The normalized spacial score (nSPS) is 18.6. The van der Waals surface area contributed by atoms with Gasteiger partial charge in [-0.3, -0.25) is 9.78 Å². The van der Waals surface area contributed by atoms with Crippen LogP contribution in [0.2, 0.25) is 0 Å². The molecule has 1 aliphatic rings. The van der Waals surface area contributed by atoms with E-state index in [4.69, 9.17) is 4.98 Å². The van der Waals surface area contributed by atoms with Crippen LogP contribution in [0.5, 0.6) is 0 Å². The molecule has 3 rings (SSSR count). The van der Waals surface area contributed by atoms with Gasteiger partial charge in [0, 0.05) is 30.2 Å². The predicted octanol–water partition coefficient (Wildman–Crippen LogP) is 3.18. The van der Waals surface area contributed by atoms with Gasteiger partial charge in [-0.1, -0.05) is 32.0 Å². The SMILES string of the molecule is CNC1CCCN(C(=O)c2cc(C(C)C)nc3ccccc23)C1. The van der Waals surface area contributed by atoms with Crippen molar-refractivity contribution in [1.29, 1.82) is 0 Å². The number of carbonyl (C=O) groups excluding carboxylic acids is 1. The molecule has 0 saturated carbocycles. The maximum absolute atomic E-state index is 13.1. The average Bonchev–Trinajstić information content (AvgIpc) is 2.60. The molecule has 2 aromatic rings. The monoisotopic (exact) mass is 311 g/mol. The molecule has 1 saturated heterocycles. The Balaban J connectivity index is 2.02. The fraction of sp³-hybridized carbons (Fsp3) is 0.474. The van der Waals surface area contributed by atoms with Crippen molar-refractivity contribution in [3.63, 3.8) is 0 Å². The zero-order valence-corrected chi connectivity index (χ0v) is 14.2. The summed E-state index contributed by atoms with van der Waals surface area (Å²) in [5.41, 5.74) is 2.68. The molecular formula is C19H25N3O. The van der Waals surface area contributed by atoms with E-state index in [2.05, 4.69) is 19.2 Å². The van der Waals surface area contributed by atoms with Crippen LogP contribution < -0.4 is 5.32 Å². The van der Waals surface area contributed by atoms with E-state index in [0.717, 1.165) is 48.1 Å². The minimum absolute atomic E-state index is 0.130. The maximum atomic E-state index is 13.1. The van der Waals surface area contributed by atoms with E-state index in [1.54, 1.807) is 0 Å². The number of para-hydroxylation sites is 1. The minimum atomic E-state index is 0.130. The van der Waals surface area contributed by atoms with Gasteiger partial charge in [0.15, 0.2) is 0 Å². The Bertz CT molecular complexity index is 711. The number of likely N-dealkylation sites (tertiary alicyclic amines) is 1. The van der Waals surface area contributed by atoms with Crippen molar-refractivity contribution < 1.29 is 4.79 Å². The summed E-state index contributed by atoms with van der Waals surface area (Å²) in [6.07, 6.45) is 2.19. The largest absolute Gasteiger partial charge is 0.337 e. The quantitative estimate of drug-likeness (QED) is 0.947. The van der Waals surface area contributed by atoms with E-state index in [0.29, 0.717) is 12.0 Å². The van der Waals surface area contributed by atoms with Gasteiger partial charge in [0.25, 0.3) is 5.91 Å². The van der Waals surface area contributed by atoms with Crippen molar-refractivity contribution in [2.75, 3.05) is 20.1 Å². The molecule has 0 aliphatic carbocycles. The number of likely N-dealkylation sites (N-methyl/N-ethyl adjacent to an activating group) is 1. The van der Waals surface area contributed by atoms with E-state index >= 15 is 0 Å². The van der Waals surface area contributed by atoms with Gasteiger partial charge in [0.05, 0.1) is 11.1 Å². The molecule has 1 fully saturated rings. The number of nitrogens with zero attached hydrogens (tertiary/aromatic N) is 2. The molecule has 0 bridgehead atoms. The number of aromatic nitrogens is 1. The molecule has 0 radical (unpaired) electrons. The highest BCUT2D eigenvalue weighted by Crippen LogP contribution is 2.24. The molecule has 1 atom stereocenters. The average molecular weight is 311 g/mol. The Labute approximate surface area is 137 Å². The molecule has 1 aliphatic heterocycles. The van der Waals surface area contributed by atoms with E-state index in [9.17, 15) is 4.79 Å². The molecule has 1 aromatic heterocycles. The number of amides is 1. The van der Waals surface area contributed by atoms with Gasteiger partial charge in [-0.15, -0.1) is 0 Å². The lowest BCUT2D eigenvalue weighted by atomic mass is 10.00. The second-order valence-electron chi connectivity index (χ2n) is 6.65. The van der Waals surface area contributed by atoms with E-state index in [1.165, 1.54) is 0 Å². The lowest BCUT2D eigenvalue weighted by Crippen LogP contribution is -2.47. The van der Waals surface area contributed by atoms with Crippen LogP contribution >= 0.6 is 0 Å². The number of hydrogen-bond acceptors (Lipinski definition) is 3. The third-order valence-corrected chi connectivity index (χ3v) is 4.67. The fourth-order valence-corrected chi connectivity index (χ4v) is 3.24. The molecule has 4 heteroatoms. The van der Waals surface area contributed by atoms with E-state index in [1.807, 2.05) is 42.3 Å². The topological polar surface area (TPSA) is 45.2 Å². The second kappa shape index (κ2) is 6.67. The zero-order valence-electron chi connectivity index (χ0n) is 14.2. The summed E-state index contributed by atoms with van der Waals surface area (Å²) in [7, 11) is 1.97. The molecule has 2 heterocycles. The molecule has 122 valence electrons. The van der Waals surface area contributed by atoms with E-state index < -0.39 is 0 Å². The first-order valence-electron chi connectivity index (χ1n) is 8.46. The van der Waals surface area contributed by atoms with Gasteiger partial charge in [0.1, 0.15) is 0 Å². The van der Waals surface area contributed by atoms with Crippen molar-refractivity contribution >= 4 is 16.8 Å². The zero-order chi connectivity index (χ0) is 16.4. The van der Waals surface area contributed by atoms with Gasteiger partial charge in [-0.05, 0) is 37.9 Å². The first kappa shape index (κ1) is 15.9. The van der Waals surface area contributed by atoms with Crippen LogP contribution in [0.4, 0.5) is 0 Å². The van der Waals surface area contributed by atoms with Crippen molar-refractivity contribution in [1.82, 2.24) is 15.2 Å². The third kappa shape index (κ3) is 3.22. The lowest BCUT2D eigenvalue weighted by Gasteiger charge is -2.33. The highest BCUT2D eigenvalue weighted by Gasteiger charge is 2.25. The summed E-state index contributed by atoms with van der Waals surface area (Å²) in [5, 5.41) is 4.25. The van der Waals surface area contributed by atoms with Gasteiger partial charge in [-0.25, -0.2) is 0 Å². The van der Waals surface area contributed by atoms with Gasteiger partial charge >= 0.3 is 0 Å². The van der Waals surface area contributed by atoms with Crippen LogP contribution in [0.15, 0.2) is 30.3 Å². The van der Waals surface area contributed by atoms with Gasteiger partial charge in [-0.2, -0.15) is 0 Å². The van der Waals surface area contributed by atoms with Crippen molar-refractivity contribution in [3.05, 3.63) is 41.6 Å². The van der Waals surface area contributed by atoms with Gasteiger partial charge in [0.2, 0.25) is 0 Å². The molecule has 4 nitrogen and oxygen atoms in total. The number of piperidine rings is 1. The molecule has 1 N–H and O–H groups in total. The predicted molar refractivity (Wildman–Crippen MR) is 93.8 cm³/mol. The highest BCUT2D eigenvalue weighted by atomic mass is 16.2. The molecule has 1 unspecified atom stereocenters. The smallest absolute Gasteiger partial charge is 0.254 e. The third-order valence-electron chi connectivity index (χ3n) is 4.67. The van der Waals surface area contributed by atoms with Crippen LogP contribution in [-0.2, 0) is 0 Å². The summed E-state index contributed by atoms with van der Waals surface area (Å²) in [6.45, 7) is 5.85. The number of rotatable bonds is 3. The lowest BCUT2D eigenvalue weighted by molar-refractivity contribution is 0.0700. The summed E-state index contributed by atoms with van der Waals surface area (Å²) in [5.74, 6) is 0.433. The first-order valence-corrected chi connectivity index (χ1v) is 8.46. The summed E-state index contributed by atoms with van der Waals surface area (Å²) < 4.78 is 0. The van der Waals surface area contributed by atoms with Crippen molar-refractivity contribution in [2.45, 2.75) is 38.6 Å². The Morgan fingerprint density at radius 2 is 2.13 bits per heavy atom. The summed E-state index contributed by atoms with van der Waals surface area (Å²) >= 11 is 0. The Morgan fingerprint density at radius 3 is 2.87 bits per heavy atom. The first-order chi connectivity index (χ1) is 11.1. The second-order valence-corrected chi connectivity index (χ2v) is 6.65. The van der Waals surface area contributed by atoms with Crippen molar-refractivity contribution in [2.24, 2.45) is 0 Å². The number of pyridine rings is 1. The number of hydrogen-bond donors (Lipinski definition) is 1. The van der Waals surface area contributed by atoms with Gasteiger partial charge < -0.3 is 10.2 Å². The number of benzene rings is 1. The highest BCUT2D eigenvalue weighted by molar-refractivity contribution is 6.06. The van der Waals surface area contributed by atoms with Crippen LogP contribution in [0.1, 0.15) is 48.7 Å². The van der Waals surface area contributed by atoms with Crippen molar-refractivity contribution in [3.8, 4) is 0 Å². The standard InChI is InChI=1S/C19H25N3O/c1-13(2)18-11-16(15-8-4-5-9-17(15)21-18)19(23)22-10-6-7-14(12-22)20-3/h4-5,8-9,11,13-14,20H,6-7,10,12H2,1-3H3. The number of carbonyl (C=O) groups is 1. The van der Waals surface area contributed by atoms with E-state index in [-0.39, 0.29) is 5.91 Å². The summed E-state index contributed by atoms with van der Waals surface area (Å²) in [4.78, 5) is 19.8. The van der Waals surface area contributed by atoms with Crippen LogP contribution in [0.25, 0.3) is 10.9 Å². The Morgan fingerprint density at radius 1 is 1.35 bits per heavy atom. The van der Waals surface area contributed by atoms with Crippen LogP contribution in [0.3, 0.4) is 0 Å². The minimum Gasteiger partial charge on any atom is -0.337 e. The van der Waals surface area contributed by atoms with Crippen LogP contribution in [-0.4, -0.2) is 42.0 Å². The number of fused-ring (bicyclic) bond motifs is 1. The summed E-state index contributed by atoms with van der Waals surface area (Å²) in [6, 6.07) is 10.3. The fourth-order valence-electron chi connectivity index (χ4n) is 3.24. The maximum Gasteiger partial charge on any atom is 0.254 e. The molecule has 1 amide bonds. The van der Waals surface area contributed by atoms with Crippen LogP contribution in [0, 0.1) is 0 Å².